The molecule has 0 radical (unpaired) electrons. The minimum Gasteiger partial charge on any atom is -0.381 e. The normalized spacial score (nSPS) is 28.8. The smallest absolute Gasteiger partial charge is 0.0480 e. The topological polar surface area (TPSA) is 27.7 Å². The Morgan fingerprint density at radius 2 is 2.12 bits per heavy atom. The molecule has 0 aromatic carbocycles. The van der Waals surface area contributed by atoms with Gasteiger partial charge in [0, 0.05) is 44.9 Å². The SMILES string of the molecule is CN1CCNC(CCN(C)C2CCOCC2)C1. The first-order valence-corrected chi connectivity index (χ1v) is 6.95. The van der Waals surface area contributed by atoms with Crippen LogP contribution in [0.25, 0.3) is 0 Å². The molecule has 0 aromatic heterocycles. The van der Waals surface area contributed by atoms with Crippen LogP contribution in [0.5, 0.6) is 0 Å². The van der Waals surface area contributed by atoms with E-state index in [4.69, 9.17) is 4.74 Å². The molecule has 0 aliphatic carbocycles. The average Bonchev–Trinajstić information content (AvgIpc) is 2.37. The quantitative estimate of drug-likeness (QED) is 0.771. The van der Waals surface area contributed by atoms with Gasteiger partial charge < -0.3 is 19.9 Å². The summed E-state index contributed by atoms with van der Waals surface area (Å²) in [6, 6.07) is 1.42. The minimum absolute atomic E-state index is 0.677. The zero-order valence-corrected chi connectivity index (χ0v) is 11.3. The van der Waals surface area contributed by atoms with E-state index in [2.05, 4.69) is 29.2 Å². The molecule has 4 heteroatoms. The summed E-state index contributed by atoms with van der Waals surface area (Å²) < 4.78 is 5.41. The molecular weight excluding hydrogens is 214 g/mol. The van der Waals surface area contributed by atoms with Crippen molar-refractivity contribution in [2.45, 2.75) is 31.3 Å². The second-order valence-corrected chi connectivity index (χ2v) is 5.53. The third-order valence-corrected chi connectivity index (χ3v) is 4.10. The van der Waals surface area contributed by atoms with Crippen LogP contribution in [0, 0.1) is 0 Å². The van der Waals surface area contributed by atoms with Crippen LogP contribution < -0.4 is 5.32 Å². The molecule has 2 aliphatic rings. The fraction of sp³-hybridized carbons (Fsp3) is 1.00. The molecule has 17 heavy (non-hydrogen) atoms. The standard InChI is InChI=1S/C13H27N3O/c1-15-8-6-14-12(11-15)3-7-16(2)13-4-9-17-10-5-13/h12-14H,3-11H2,1-2H3. The molecule has 2 fully saturated rings. The van der Waals surface area contributed by atoms with Crippen LogP contribution in [0.1, 0.15) is 19.3 Å². The second-order valence-electron chi connectivity index (χ2n) is 5.53. The van der Waals surface area contributed by atoms with Crippen molar-refractivity contribution in [1.82, 2.24) is 15.1 Å². The highest BCUT2D eigenvalue weighted by molar-refractivity contribution is 4.79. The fourth-order valence-electron chi connectivity index (χ4n) is 2.85. The monoisotopic (exact) mass is 241 g/mol. The van der Waals surface area contributed by atoms with Crippen molar-refractivity contribution in [3.05, 3.63) is 0 Å². The van der Waals surface area contributed by atoms with Gasteiger partial charge in [0.05, 0.1) is 0 Å². The number of hydrogen-bond donors (Lipinski definition) is 1. The summed E-state index contributed by atoms with van der Waals surface area (Å²) in [7, 11) is 4.48. The number of nitrogens with one attached hydrogen (secondary N) is 1. The Kier molecular flexibility index (Phi) is 5.22. The third-order valence-electron chi connectivity index (χ3n) is 4.10. The van der Waals surface area contributed by atoms with Crippen LogP contribution in [0.2, 0.25) is 0 Å². The van der Waals surface area contributed by atoms with E-state index < -0.39 is 0 Å². The summed E-state index contributed by atoms with van der Waals surface area (Å²) in [5, 5.41) is 3.61. The summed E-state index contributed by atoms with van der Waals surface area (Å²) >= 11 is 0. The van der Waals surface area contributed by atoms with Crippen LogP contribution in [-0.2, 0) is 4.74 Å². The number of ether oxygens (including phenoxy) is 1. The first kappa shape index (κ1) is 13.3. The van der Waals surface area contributed by atoms with Crippen LogP contribution >= 0.6 is 0 Å². The molecule has 0 saturated carbocycles. The highest BCUT2D eigenvalue weighted by Gasteiger charge is 2.21. The number of hydrogen-bond acceptors (Lipinski definition) is 4. The molecule has 2 saturated heterocycles. The van der Waals surface area contributed by atoms with E-state index >= 15 is 0 Å². The highest BCUT2D eigenvalue weighted by atomic mass is 16.5. The Morgan fingerprint density at radius 1 is 1.35 bits per heavy atom. The molecule has 0 aromatic rings. The van der Waals surface area contributed by atoms with E-state index in [-0.39, 0.29) is 0 Å². The number of nitrogens with zero attached hydrogens (tertiary/aromatic N) is 2. The summed E-state index contributed by atoms with van der Waals surface area (Å²) in [5.74, 6) is 0. The Morgan fingerprint density at radius 3 is 2.82 bits per heavy atom. The summed E-state index contributed by atoms with van der Waals surface area (Å²) in [5.41, 5.74) is 0. The van der Waals surface area contributed by atoms with Crippen molar-refractivity contribution < 1.29 is 4.74 Å². The van der Waals surface area contributed by atoms with E-state index in [0.29, 0.717) is 6.04 Å². The molecule has 4 nitrogen and oxygen atoms in total. The van der Waals surface area contributed by atoms with Gasteiger partial charge in [-0.05, 0) is 39.9 Å². The van der Waals surface area contributed by atoms with Gasteiger partial charge in [0.25, 0.3) is 0 Å². The lowest BCUT2D eigenvalue weighted by Gasteiger charge is -2.35. The van der Waals surface area contributed by atoms with E-state index in [1.54, 1.807) is 0 Å². The van der Waals surface area contributed by atoms with Gasteiger partial charge >= 0.3 is 0 Å². The van der Waals surface area contributed by atoms with Gasteiger partial charge in [0.1, 0.15) is 0 Å². The van der Waals surface area contributed by atoms with Gasteiger partial charge in [0.2, 0.25) is 0 Å². The average molecular weight is 241 g/mol. The molecule has 100 valence electrons. The van der Waals surface area contributed by atoms with Crippen LogP contribution in [0.4, 0.5) is 0 Å². The maximum Gasteiger partial charge on any atom is 0.0480 e. The lowest BCUT2D eigenvalue weighted by Crippen LogP contribution is -2.50. The summed E-state index contributed by atoms with van der Waals surface area (Å²) in [4.78, 5) is 4.95. The Labute approximate surface area is 105 Å². The van der Waals surface area contributed by atoms with Crippen molar-refractivity contribution in [2.24, 2.45) is 0 Å². The van der Waals surface area contributed by atoms with E-state index in [1.165, 1.54) is 38.9 Å². The molecule has 2 rings (SSSR count). The van der Waals surface area contributed by atoms with Gasteiger partial charge in [-0.1, -0.05) is 0 Å². The van der Waals surface area contributed by atoms with Crippen molar-refractivity contribution in [2.75, 3.05) is 53.5 Å². The molecule has 0 spiro atoms. The van der Waals surface area contributed by atoms with Gasteiger partial charge in [-0.15, -0.1) is 0 Å². The highest BCUT2D eigenvalue weighted by Crippen LogP contribution is 2.13. The number of piperazine rings is 1. The molecule has 1 unspecified atom stereocenters. The van der Waals surface area contributed by atoms with Gasteiger partial charge in [-0.25, -0.2) is 0 Å². The van der Waals surface area contributed by atoms with Gasteiger partial charge in [-0.3, -0.25) is 0 Å². The van der Waals surface area contributed by atoms with Crippen molar-refractivity contribution in [1.29, 1.82) is 0 Å². The molecule has 2 aliphatic heterocycles. The molecule has 0 bridgehead atoms. The molecule has 1 N–H and O–H groups in total. The van der Waals surface area contributed by atoms with Crippen LogP contribution in [0.15, 0.2) is 0 Å². The van der Waals surface area contributed by atoms with Crippen molar-refractivity contribution >= 4 is 0 Å². The Bertz CT molecular complexity index is 219. The van der Waals surface area contributed by atoms with E-state index in [9.17, 15) is 0 Å². The lowest BCUT2D eigenvalue weighted by atomic mass is 10.1. The molecule has 2 heterocycles. The minimum atomic E-state index is 0.677. The predicted molar refractivity (Wildman–Crippen MR) is 70.4 cm³/mol. The summed E-state index contributed by atoms with van der Waals surface area (Å²) in [6.45, 7) is 6.62. The van der Waals surface area contributed by atoms with Crippen molar-refractivity contribution in [3.8, 4) is 0 Å². The van der Waals surface area contributed by atoms with E-state index in [1.807, 2.05) is 0 Å². The van der Waals surface area contributed by atoms with Gasteiger partial charge in [-0.2, -0.15) is 0 Å². The molecular formula is C13H27N3O. The van der Waals surface area contributed by atoms with Crippen LogP contribution in [-0.4, -0.2) is 75.4 Å². The maximum absolute atomic E-state index is 5.41. The fourth-order valence-corrected chi connectivity index (χ4v) is 2.85. The Hall–Kier alpha value is -0.160. The first-order valence-electron chi connectivity index (χ1n) is 6.95. The first-order chi connectivity index (χ1) is 8.25. The predicted octanol–water partition coefficient (Wildman–Crippen LogP) is 0.391. The third kappa shape index (κ3) is 4.21. The lowest BCUT2D eigenvalue weighted by molar-refractivity contribution is 0.0412. The largest absolute Gasteiger partial charge is 0.381 e. The zero-order valence-electron chi connectivity index (χ0n) is 11.3. The maximum atomic E-state index is 5.41. The zero-order chi connectivity index (χ0) is 12.1. The number of rotatable bonds is 4. The molecule has 1 atom stereocenters. The van der Waals surface area contributed by atoms with Gasteiger partial charge in [0.15, 0.2) is 0 Å². The Balaban J connectivity index is 1.66. The van der Waals surface area contributed by atoms with Crippen LogP contribution in [0.3, 0.4) is 0 Å². The summed E-state index contributed by atoms with van der Waals surface area (Å²) in [6.07, 6.45) is 3.67. The molecule has 0 amide bonds. The van der Waals surface area contributed by atoms with Crippen molar-refractivity contribution in [3.63, 3.8) is 0 Å². The second kappa shape index (κ2) is 6.69. The van der Waals surface area contributed by atoms with E-state index in [0.717, 1.165) is 25.8 Å². The number of likely N-dealkylation sites (N-methyl/N-ethyl adjacent to an activating group) is 1.